The van der Waals surface area contributed by atoms with Gasteiger partial charge in [0.25, 0.3) is 0 Å². The number of ether oxygens (including phenoxy) is 3. The van der Waals surface area contributed by atoms with E-state index in [1.807, 2.05) is 18.2 Å². The van der Waals surface area contributed by atoms with Crippen molar-refractivity contribution in [3.05, 3.63) is 24.3 Å². The minimum Gasteiger partial charge on any atom is -0.378 e. The predicted octanol–water partition coefficient (Wildman–Crippen LogP) is 1.69. The fourth-order valence-corrected chi connectivity index (χ4v) is 4.03. The highest BCUT2D eigenvalue weighted by Gasteiger charge is 2.39. The Bertz CT molecular complexity index is 632. The summed E-state index contributed by atoms with van der Waals surface area (Å²) in [6.07, 6.45) is 2.26. The molecule has 1 amide bonds. The third kappa shape index (κ3) is 4.60. The molecule has 3 aliphatic rings. The Balaban J connectivity index is 1.26. The van der Waals surface area contributed by atoms with Gasteiger partial charge in [0.2, 0.25) is 5.91 Å². The lowest BCUT2D eigenvalue weighted by Crippen LogP contribution is -2.45. The van der Waals surface area contributed by atoms with Crippen LogP contribution in [-0.4, -0.2) is 75.7 Å². The Kier molecular flexibility index (Phi) is 5.92. The largest absolute Gasteiger partial charge is 0.378 e. The van der Waals surface area contributed by atoms with Crippen molar-refractivity contribution in [2.24, 2.45) is 0 Å². The van der Waals surface area contributed by atoms with Crippen LogP contribution < -0.4 is 10.2 Å². The Morgan fingerprint density at radius 2 is 1.70 bits per heavy atom. The number of nitrogens with one attached hydrogen (secondary N) is 1. The fourth-order valence-electron chi connectivity index (χ4n) is 4.03. The van der Waals surface area contributed by atoms with Crippen molar-refractivity contribution in [1.82, 2.24) is 4.90 Å². The van der Waals surface area contributed by atoms with Crippen LogP contribution in [0.2, 0.25) is 0 Å². The van der Waals surface area contributed by atoms with Crippen LogP contribution in [0.5, 0.6) is 0 Å². The smallest absolute Gasteiger partial charge is 0.225 e. The molecule has 1 spiro atoms. The van der Waals surface area contributed by atoms with E-state index in [-0.39, 0.29) is 11.7 Å². The average Bonchev–Trinajstić information content (AvgIpc) is 3.17. The maximum atomic E-state index is 12.5. The van der Waals surface area contributed by atoms with Crippen LogP contribution in [0.3, 0.4) is 0 Å². The second kappa shape index (κ2) is 8.56. The highest BCUT2D eigenvalue weighted by atomic mass is 16.7. The summed E-state index contributed by atoms with van der Waals surface area (Å²) in [5.74, 6) is -0.292. The molecule has 0 unspecified atom stereocenters. The van der Waals surface area contributed by atoms with E-state index in [0.29, 0.717) is 19.6 Å². The molecular weight excluding hydrogens is 346 g/mol. The first-order chi connectivity index (χ1) is 13.2. The van der Waals surface area contributed by atoms with E-state index >= 15 is 0 Å². The molecule has 7 nitrogen and oxygen atoms in total. The zero-order valence-corrected chi connectivity index (χ0v) is 15.8. The predicted molar refractivity (Wildman–Crippen MR) is 103 cm³/mol. The van der Waals surface area contributed by atoms with Crippen molar-refractivity contribution in [3.63, 3.8) is 0 Å². The van der Waals surface area contributed by atoms with E-state index in [1.165, 1.54) is 0 Å². The Morgan fingerprint density at radius 1 is 1.00 bits per heavy atom. The van der Waals surface area contributed by atoms with Crippen LogP contribution in [-0.2, 0) is 19.0 Å². The van der Waals surface area contributed by atoms with Gasteiger partial charge in [-0.05, 0) is 12.1 Å². The van der Waals surface area contributed by atoms with Gasteiger partial charge in [-0.1, -0.05) is 12.1 Å². The van der Waals surface area contributed by atoms with Crippen LogP contribution in [0.1, 0.15) is 19.3 Å². The van der Waals surface area contributed by atoms with Crippen molar-refractivity contribution in [2.45, 2.75) is 25.0 Å². The number of anilines is 2. The molecular formula is C20H29N3O4. The lowest BCUT2D eigenvalue weighted by molar-refractivity contribution is -0.185. The molecule has 27 heavy (non-hydrogen) atoms. The molecule has 0 aromatic heterocycles. The highest BCUT2D eigenvalue weighted by Crippen LogP contribution is 2.31. The van der Waals surface area contributed by atoms with Gasteiger partial charge in [-0.25, -0.2) is 0 Å². The van der Waals surface area contributed by atoms with E-state index in [1.54, 1.807) is 0 Å². The molecule has 0 atom stereocenters. The number of nitrogens with zero attached hydrogens (tertiary/aromatic N) is 2. The number of hydrogen-bond donors (Lipinski definition) is 1. The number of morpholine rings is 1. The van der Waals surface area contributed by atoms with Crippen LogP contribution >= 0.6 is 0 Å². The molecule has 3 saturated heterocycles. The van der Waals surface area contributed by atoms with E-state index in [0.717, 1.165) is 70.2 Å². The number of para-hydroxylation sites is 2. The number of carbonyl (C=O) groups excluding carboxylic acids is 1. The van der Waals surface area contributed by atoms with Gasteiger partial charge >= 0.3 is 0 Å². The maximum absolute atomic E-state index is 12.5. The monoisotopic (exact) mass is 375 g/mol. The zero-order chi connectivity index (χ0) is 18.5. The van der Waals surface area contributed by atoms with E-state index in [2.05, 4.69) is 21.2 Å². The van der Waals surface area contributed by atoms with Crippen molar-refractivity contribution >= 4 is 17.3 Å². The molecule has 0 saturated carbocycles. The molecule has 3 aliphatic heterocycles. The maximum Gasteiger partial charge on any atom is 0.225 e. The highest BCUT2D eigenvalue weighted by molar-refractivity contribution is 5.94. The second-order valence-corrected chi connectivity index (χ2v) is 7.36. The number of likely N-dealkylation sites (tertiary alicyclic amines) is 1. The van der Waals surface area contributed by atoms with E-state index < -0.39 is 0 Å². The summed E-state index contributed by atoms with van der Waals surface area (Å²) in [5, 5.41) is 3.10. The number of carbonyl (C=O) groups is 1. The lowest BCUT2D eigenvalue weighted by Gasteiger charge is -2.37. The lowest BCUT2D eigenvalue weighted by atomic mass is 10.0. The van der Waals surface area contributed by atoms with Gasteiger partial charge in [0.05, 0.1) is 37.8 Å². The minimum absolute atomic E-state index is 0.0596. The third-order valence-electron chi connectivity index (χ3n) is 5.62. The topological polar surface area (TPSA) is 63.3 Å². The molecule has 3 fully saturated rings. The molecule has 1 N–H and O–H groups in total. The average molecular weight is 375 g/mol. The molecule has 0 radical (unpaired) electrons. The number of amides is 1. The minimum atomic E-state index is -0.351. The summed E-state index contributed by atoms with van der Waals surface area (Å²) >= 11 is 0. The fraction of sp³-hybridized carbons (Fsp3) is 0.650. The van der Waals surface area contributed by atoms with Crippen molar-refractivity contribution < 1.29 is 19.0 Å². The molecule has 0 bridgehead atoms. The number of piperidine rings is 1. The molecule has 4 rings (SSSR count). The Morgan fingerprint density at radius 3 is 2.44 bits per heavy atom. The molecule has 148 valence electrons. The van der Waals surface area contributed by atoms with Crippen molar-refractivity contribution in [3.8, 4) is 0 Å². The van der Waals surface area contributed by atoms with Gasteiger partial charge in [0.15, 0.2) is 5.79 Å². The van der Waals surface area contributed by atoms with Crippen molar-refractivity contribution in [2.75, 3.05) is 69.4 Å². The van der Waals surface area contributed by atoms with Gasteiger partial charge in [-0.2, -0.15) is 0 Å². The van der Waals surface area contributed by atoms with Gasteiger partial charge in [0.1, 0.15) is 0 Å². The summed E-state index contributed by atoms with van der Waals surface area (Å²) < 4.78 is 17.0. The quantitative estimate of drug-likeness (QED) is 0.845. The first-order valence-corrected chi connectivity index (χ1v) is 9.96. The summed E-state index contributed by atoms with van der Waals surface area (Å²) in [7, 11) is 0. The second-order valence-electron chi connectivity index (χ2n) is 7.36. The first-order valence-electron chi connectivity index (χ1n) is 9.96. The summed E-state index contributed by atoms with van der Waals surface area (Å²) in [5.41, 5.74) is 1.96. The molecule has 3 heterocycles. The van der Waals surface area contributed by atoms with E-state index in [4.69, 9.17) is 14.2 Å². The van der Waals surface area contributed by atoms with Crippen LogP contribution in [0.15, 0.2) is 24.3 Å². The molecule has 1 aromatic rings. The Labute approximate surface area is 160 Å². The van der Waals surface area contributed by atoms with Gasteiger partial charge in [-0.15, -0.1) is 0 Å². The molecule has 1 aromatic carbocycles. The number of hydrogen-bond acceptors (Lipinski definition) is 6. The zero-order valence-electron chi connectivity index (χ0n) is 15.8. The number of benzene rings is 1. The van der Waals surface area contributed by atoms with E-state index in [9.17, 15) is 4.79 Å². The molecule has 7 heteroatoms. The van der Waals surface area contributed by atoms with Crippen molar-refractivity contribution in [1.29, 1.82) is 0 Å². The summed E-state index contributed by atoms with van der Waals surface area (Å²) in [6, 6.07) is 8.01. The number of rotatable bonds is 5. The molecule has 0 aliphatic carbocycles. The van der Waals surface area contributed by atoms with Gasteiger partial charge in [-0.3, -0.25) is 4.79 Å². The normalized spacial score (nSPS) is 22.9. The van der Waals surface area contributed by atoms with Crippen LogP contribution in [0.4, 0.5) is 11.4 Å². The van der Waals surface area contributed by atoms with Gasteiger partial charge in [0, 0.05) is 52.0 Å². The van der Waals surface area contributed by atoms with Crippen LogP contribution in [0.25, 0.3) is 0 Å². The van der Waals surface area contributed by atoms with Gasteiger partial charge < -0.3 is 29.3 Å². The summed E-state index contributed by atoms with van der Waals surface area (Å²) in [4.78, 5) is 17.1. The van der Waals surface area contributed by atoms with Crippen LogP contribution in [0, 0.1) is 0 Å². The standard InChI is InChI=1S/C20H29N3O4/c24-19(5-8-22-9-6-20(7-10-22)26-15-16-27-20)21-17-3-1-2-4-18(17)23-11-13-25-14-12-23/h1-4H,5-16H2,(H,21,24). The third-order valence-corrected chi connectivity index (χ3v) is 5.62. The SMILES string of the molecule is O=C(CCN1CCC2(CC1)OCCO2)Nc1ccccc1N1CCOCC1. The summed E-state index contributed by atoms with van der Waals surface area (Å²) in [6.45, 7) is 7.16. The first kappa shape index (κ1) is 18.7. The Hall–Kier alpha value is -1.67.